The van der Waals surface area contributed by atoms with E-state index in [1.54, 1.807) is 12.3 Å². The van der Waals surface area contributed by atoms with Crippen molar-refractivity contribution in [2.75, 3.05) is 5.32 Å². The monoisotopic (exact) mass is 339 g/mol. The molecule has 6 heteroatoms. The van der Waals surface area contributed by atoms with Gasteiger partial charge in [-0.2, -0.15) is 0 Å². The first-order chi connectivity index (χ1) is 11.5. The topological polar surface area (TPSA) is 64.0 Å². The minimum Gasteiger partial charge on any atom is -0.310 e. The number of aryl methyl sites for hydroxylation is 2. The molecule has 0 saturated carbocycles. The van der Waals surface area contributed by atoms with Crippen LogP contribution in [-0.2, 0) is 6.54 Å². The molecule has 1 N–H and O–H groups in total. The largest absolute Gasteiger partial charge is 0.310 e. The summed E-state index contributed by atoms with van der Waals surface area (Å²) in [6.45, 7) is 4.29. The van der Waals surface area contributed by atoms with E-state index in [2.05, 4.69) is 10.3 Å². The predicted octanol–water partition coefficient (Wildman–Crippen LogP) is 3.22. The molecule has 122 valence electrons. The number of rotatable bonds is 4. The molecule has 0 aliphatic rings. The number of carbonyl (C=O) groups is 1. The van der Waals surface area contributed by atoms with Crippen LogP contribution in [0.4, 0.5) is 5.13 Å². The Kier molecular flexibility index (Phi) is 4.57. The molecule has 2 heterocycles. The lowest BCUT2D eigenvalue weighted by atomic mass is 10.1. The van der Waals surface area contributed by atoms with Gasteiger partial charge in [0.05, 0.1) is 12.2 Å². The van der Waals surface area contributed by atoms with E-state index < -0.39 is 5.91 Å². The van der Waals surface area contributed by atoms with E-state index in [1.165, 1.54) is 22.0 Å². The van der Waals surface area contributed by atoms with Crippen molar-refractivity contribution in [2.24, 2.45) is 0 Å². The van der Waals surface area contributed by atoms with E-state index in [-0.39, 0.29) is 11.1 Å². The standard InChI is InChI=1S/C18H17N3O2S/c1-12-5-7-14(8-6-12)10-21-9-3-4-15(17(21)23)16(22)20-18-19-13(2)11-24-18/h3-9,11H,10H2,1-2H3,(H,19,20,22). The van der Waals surface area contributed by atoms with Crippen LogP contribution in [0.5, 0.6) is 0 Å². The number of hydrogen-bond donors (Lipinski definition) is 1. The first kappa shape index (κ1) is 16.1. The Hall–Kier alpha value is -2.73. The van der Waals surface area contributed by atoms with Crippen LogP contribution in [0.3, 0.4) is 0 Å². The maximum atomic E-state index is 12.6. The van der Waals surface area contributed by atoms with Gasteiger partial charge >= 0.3 is 0 Å². The van der Waals surface area contributed by atoms with Gasteiger partial charge in [0.25, 0.3) is 11.5 Å². The number of carbonyl (C=O) groups excluding carboxylic acids is 1. The number of nitrogens with one attached hydrogen (secondary N) is 1. The van der Waals surface area contributed by atoms with Crippen LogP contribution < -0.4 is 10.9 Å². The molecule has 2 aromatic heterocycles. The molecule has 0 bridgehead atoms. The molecule has 0 saturated heterocycles. The van der Waals surface area contributed by atoms with E-state index in [1.807, 2.05) is 43.5 Å². The van der Waals surface area contributed by atoms with Crippen LogP contribution in [0, 0.1) is 13.8 Å². The minimum absolute atomic E-state index is 0.109. The molecule has 5 nitrogen and oxygen atoms in total. The van der Waals surface area contributed by atoms with Crippen molar-refractivity contribution in [3.05, 3.63) is 80.7 Å². The molecule has 24 heavy (non-hydrogen) atoms. The van der Waals surface area contributed by atoms with Gasteiger partial charge in [-0.1, -0.05) is 29.8 Å². The van der Waals surface area contributed by atoms with Crippen LogP contribution in [0.2, 0.25) is 0 Å². The average molecular weight is 339 g/mol. The second-order valence-corrected chi connectivity index (χ2v) is 6.45. The third-order valence-corrected chi connectivity index (χ3v) is 4.45. The SMILES string of the molecule is Cc1ccc(Cn2cccc(C(=O)Nc3nc(C)cs3)c2=O)cc1. The minimum atomic E-state index is -0.437. The highest BCUT2D eigenvalue weighted by Crippen LogP contribution is 2.15. The Morgan fingerprint density at radius 2 is 1.96 bits per heavy atom. The van der Waals surface area contributed by atoms with Gasteiger partial charge in [-0.15, -0.1) is 11.3 Å². The van der Waals surface area contributed by atoms with Crippen molar-refractivity contribution in [2.45, 2.75) is 20.4 Å². The number of pyridine rings is 1. The summed E-state index contributed by atoms with van der Waals surface area (Å²) >= 11 is 1.33. The van der Waals surface area contributed by atoms with Crippen LogP contribution in [0.15, 0.2) is 52.8 Å². The number of aromatic nitrogens is 2. The second kappa shape index (κ2) is 6.80. The van der Waals surface area contributed by atoms with Crippen LogP contribution in [0.25, 0.3) is 0 Å². The quantitative estimate of drug-likeness (QED) is 0.794. The summed E-state index contributed by atoms with van der Waals surface area (Å²) in [7, 11) is 0. The number of thiazole rings is 1. The molecular weight excluding hydrogens is 322 g/mol. The summed E-state index contributed by atoms with van der Waals surface area (Å²) in [5, 5.41) is 5.01. The smallest absolute Gasteiger partial charge is 0.263 e. The fourth-order valence-electron chi connectivity index (χ4n) is 2.30. The maximum Gasteiger partial charge on any atom is 0.263 e. The van der Waals surface area contributed by atoms with Gasteiger partial charge in [-0.25, -0.2) is 4.98 Å². The maximum absolute atomic E-state index is 12.6. The molecule has 0 aliphatic heterocycles. The highest BCUT2D eigenvalue weighted by molar-refractivity contribution is 7.13. The molecule has 0 radical (unpaired) electrons. The predicted molar refractivity (Wildman–Crippen MR) is 95.8 cm³/mol. The van der Waals surface area contributed by atoms with Gasteiger partial charge in [0.2, 0.25) is 0 Å². The number of hydrogen-bond acceptors (Lipinski definition) is 4. The molecule has 0 atom stereocenters. The number of nitrogens with zero attached hydrogens (tertiary/aromatic N) is 2. The summed E-state index contributed by atoms with van der Waals surface area (Å²) < 4.78 is 1.53. The average Bonchev–Trinajstić information content (AvgIpc) is 2.96. The van der Waals surface area contributed by atoms with Gasteiger partial charge < -0.3 is 4.57 Å². The molecular formula is C18H17N3O2S. The van der Waals surface area contributed by atoms with E-state index in [0.29, 0.717) is 11.7 Å². The fourth-order valence-corrected chi connectivity index (χ4v) is 2.98. The molecule has 3 rings (SSSR count). The van der Waals surface area contributed by atoms with Crippen molar-refractivity contribution in [1.29, 1.82) is 0 Å². The van der Waals surface area contributed by atoms with Gasteiger partial charge in [0.1, 0.15) is 5.56 Å². The Labute approximate surface area is 143 Å². The van der Waals surface area contributed by atoms with E-state index in [9.17, 15) is 9.59 Å². The first-order valence-electron chi connectivity index (χ1n) is 7.51. The zero-order valence-corrected chi connectivity index (χ0v) is 14.3. The zero-order valence-electron chi connectivity index (χ0n) is 13.4. The third kappa shape index (κ3) is 3.60. The van der Waals surface area contributed by atoms with Crippen LogP contribution in [-0.4, -0.2) is 15.5 Å². The number of anilines is 1. The van der Waals surface area contributed by atoms with Crippen LogP contribution in [0.1, 0.15) is 27.2 Å². The molecule has 1 aromatic carbocycles. The van der Waals surface area contributed by atoms with Gasteiger partial charge in [0.15, 0.2) is 5.13 Å². The van der Waals surface area contributed by atoms with Crippen molar-refractivity contribution >= 4 is 22.4 Å². The number of benzene rings is 1. The normalized spacial score (nSPS) is 10.6. The lowest BCUT2D eigenvalue weighted by molar-refractivity contribution is 0.102. The van der Waals surface area contributed by atoms with Gasteiger partial charge in [0, 0.05) is 11.6 Å². The van der Waals surface area contributed by atoms with Crippen molar-refractivity contribution in [3.63, 3.8) is 0 Å². The molecule has 3 aromatic rings. The zero-order chi connectivity index (χ0) is 17.1. The summed E-state index contributed by atoms with van der Waals surface area (Å²) in [5.41, 5.74) is 2.80. The highest BCUT2D eigenvalue weighted by atomic mass is 32.1. The van der Waals surface area contributed by atoms with Gasteiger partial charge in [-0.05, 0) is 31.5 Å². The van der Waals surface area contributed by atoms with Crippen LogP contribution >= 0.6 is 11.3 Å². The Morgan fingerprint density at radius 1 is 1.21 bits per heavy atom. The molecule has 0 spiro atoms. The Morgan fingerprint density at radius 3 is 2.62 bits per heavy atom. The fraction of sp³-hybridized carbons (Fsp3) is 0.167. The number of amides is 1. The Balaban J connectivity index is 1.83. The Bertz CT molecular complexity index is 926. The summed E-state index contributed by atoms with van der Waals surface area (Å²) in [5.74, 6) is -0.437. The molecule has 1 amide bonds. The molecule has 0 aliphatic carbocycles. The van der Waals surface area contributed by atoms with E-state index in [0.717, 1.165) is 16.8 Å². The summed E-state index contributed by atoms with van der Waals surface area (Å²) in [6, 6.07) is 11.2. The van der Waals surface area contributed by atoms with Crippen molar-refractivity contribution in [3.8, 4) is 0 Å². The van der Waals surface area contributed by atoms with Crippen molar-refractivity contribution in [1.82, 2.24) is 9.55 Å². The highest BCUT2D eigenvalue weighted by Gasteiger charge is 2.14. The first-order valence-corrected chi connectivity index (χ1v) is 8.39. The molecule has 0 fully saturated rings. The van der Waals surface area contributed by atoms with Gasteiger partial charge in [-0.3, -0.25) is 14.9 Å². The second-order valence-electron chi connectivity index (χ2n) is 5.59. The lowest BCUT2D eigenvalue weighted by Gasteiger charge is -2.08. The third-order valence-electron chi connectivity index (χ3n) is 3.58. The van der Waals surface area contributed by atoms with Crippen molar-refractivity contribution < 1.29 is 4.79 Å². The van der Waals surface area contributed by atoms with E-state index in [4.69, 9.17) is 0 Å². The summed E-state index contributed by atoms with van der Waals surface area (Å²) in [4.78, 5) is 29.1. The lowest BCUT2D eigenvalue weighted by Crippen LogP contribution is -2.29. The molecule has 0 unspecified atom stereocenters. The van der Waals surface area contributed by atoms with E-state index >= 15 is 0 Å². The summed E-state index contributed by atoms with van der Waals surface area (Å²) in [6.07, 6.45) is 1.69.